The highest BCUT2D eigenvalue weighted by atomic mass is 35.5. The molecule has 0 saturated carbocycles. The Morgan fingerprint density at radius 2 is 1.48 bits per heavy atom. The highest BCUT2D eigenvalue weighted by Gasteiger charge is 2.30. The predicted octanol–water partition coefficient (Wildman–Crippen LogP) is 9.02. The van der Waals surface area contributed by atoms with Crippen LogP contribution in [0.5, 0.6) is 0 Å². The molecular weight excluding hydrogens is 697 g/mol. The maximum atomic E-state index is 13.0. The molecule has 6 nitrogen and oxygen atoms in total. The number of nitrogens with zero attached hydrogens (tertiary/aromatic N) is 3. The average Bonchev–Trinajstić information content (AvgIpc) is 2.96. The standard InChI is InChI=1S/C30H26F6N4O2S2.2ClH/c31-29(32,33)43-21-5-3-4-20(18-21)40-14-12-39(13-15-40)16-17-42-28(41)24-6-1-2-7-25(24)38-26-10-11-37-27-19-22(8-9-23(26)27)44-30(34,35)36;;/h1-11,18-19H,12-17H2,(H,37,38);2*1H. The van der Waals surface area contributed by atoms with Crippen molar-refractivity contribution in [2.45, 2.75) is 20.8 Å². The highest BCUT2D eigenvalue weighted by Crippen LogP contribution is 2.39. The number of hydrogen-bond acceptors (Lipinski definition) is 8. The lowest BCUT2D eigenvalue weighted by molar-refractivity contribution is -0.0337. The Morgan fingerprint density at radius 3 is 2.17 bits per heavy atom. The minimum absolute atomic E-state index is 0. The quantitative estimate of drug-likeness (QED) is 0.104. The maximum absolute atomic E-state index is 13.0. The van der Waals surface area contributed by atoms with Gasteiger partial charge in [-0.05, 0) is 78.1 Å². The van der Waals surface area contributed by atoms with Gasteiger partial charge in [-0.2, -0.15) is 26.3 Å². The van der Waals surface area contributed by atoms with E-state index >= 15 is 0 Å². The Kier molecular flexibility index (Phi) is 13.2. The third-order valence-corrected chi connectivity index (χ3v) is 8.24. The number of anilines is 3. The number of para-hydroxylation sites is 1. The van der Waals surface area contributed by atoms with Crippen molar-refractivity contribution in [3.8, 4) is 0 Å². The third-order valence-electron chi connectivity index (χ3n) is 6.79. The Morgan fingerprint density at radius 1 is 0.804 bits per heavy atom. The van der Waals surface area contributed by atoms with Gasteiger partial charge in [0, 0.05) is 65.5 Å². The molecule has 4 aromatic rings. The number of piperazine rings is 1. The minimum atomic E-state index is -4.41. The molecule has 0 amide bonds. The van der Waals surface area contributed by atoms with Gasteiger partial charge in [-0.15, -0.1) is 24.8 Å². The maximum Gasteiger partial charge on any atom is 0.446 e. The molecule has 3 aromatic carbocycles. The van der Waals surface area contributed by atoms with Crippen LogP contribution < -0.4 is 10.2 Å². The fourth-order valence-corrected chi connectivity index (χ4v) is 5.97. The van der Waals surface area contributed by atoms with Crippen LogP contribution in [0, 0.1) is 0 Å². The first kappa shape index (κ1) is 37.4. The van der Waals surface area contributed by atoms with Crippen LogP contribution in [0.2, 0.25) is 0 Å². The monoisotopic (exact) mass is 724 g/mol. The number of ether oxygens (including phenoxy) is 1. The van der Waals surface area contributed by atoms with Gasteiger partial charge in [-0.1, -0.05) is 18.2 Å². The summed E-state index contributed by atoms with van der Waals surface area (Å²) in [6.07, 6.45) is 1.48. The summed E-state index contributed by atoms with van der Waals surface area (Å²) in [5.74, 6) is -0.534. The number of benzene rings is 3. The summed E-state index contributed by atoms with van der Waals surface area (Å²) in [5.41, 5.74) is -6.31. The number of carbonyl (C=O) groups is 1. The van der Waals surface area contributed by atoms with Gasteiger partial charge in [0.15, 0.2) is 0 Å². The molecule has 1 fully saturated rings. The Hall–Kier alpha value is -3.04. The van der Waals surface area contributed by atoms with Gasteiger partial charge >= 0.3 is 17.0 Å². The van der Waals surface area contributed by atoms with Crippen LogP contribution in [-0.2, 0) is 4.74 Å². The van der Waals surface area contributed by atoms with Crippen LogP contribution in [0.25, 0.3) is 10.9 Å². The van der Waals surface area contributed by atoms with Crippen LogP contribution in [0.3, 0.4) is 0 Å². The van der Waals surface area contributed by atoms with Crippen molar-refractivity contribution in [3.63, 3.8) is 0 Å². The van der Waals surface area contributed by atoms with E-state index < -0.39 is 17.0 Å². The Labute approximate surface area is 282 Å². The van der Waals surface area contributed by atoms with E-state index in [2.05, 4.69) is 15.2 Å². The summed E-state index contributed by atoms with van der Waals surface area (Å²) in [5, 5.41) is 3.78. The van der Waals surface area contributed by atoms with E-state index in [9.17, 15) is 31.1 Å². The van der Waals surface area contributed by atoms with Crippen LogP contribution >= 0.6 is 48.3 Å². The first-order chi connectivity index (χ1) is 20.9. The SMILES string of the molecule is Cl.Cl.O=C(OCCN1CCN(c2cccc(SC(F)(F)F)c2)CC1)c1ccccc1Nc1ccnc2cc(SC(F)(F)F)ccc12. The lowest BCUT2D eigenvalue weighted by Gasteiger charge is -2.36. The number of fused-ring (bicyclic) bond motifs is 1. The second-order valence-corrected chi connectivity index (χ2v) is 12.0. The molecule has 0 atom stereocenters. The zero-order valence-corrected chi connectivity index (χ0v) is 27.1. The van der Waals surface area contributed by atoms with Crippen molar-refractivity contribution in [1.29, 1.82) is 0 Å². The van der Waals surface area contributed by atoms with E-state index in [-0.39, 0.29) is 64.7 Å². The van der Waals surface area contributed by atoms with Gasteiger partial charge in [0.1, 0.15) is 6.61 Å². The minimum Gasteiger partial charge on any atom is -0.461 e. The molecule has 1 N–H and O–H groups in total. The van der Waals surface area contributed by atoms with E-state index in [0.29, 0.717) is 60.6 Å². The summed E-state index contributed by atoms with van der Waals surface area (Å²) in [6.45, 7) is 3.19. The second kappa shape index (κ2) is 16.2. The summed E-state index contributed by atoms with van der Waals surface area (Å²) in [7, 11) is 0. The number of pyridine rings is 1. The number of nitrogens with one attached hydrogen (secondary N) is 1. The number of aromatic nitrogens is 1. The lowest BCUT2D eigenvalue weighted by Crippen LogP contribution is -2.47. The van der Waals surface area contributed by atoms with E-state index in [1.807, 2.05) is 4.90 Å². The van der Waals surface area contributed by atoms with Crippen LogP contribution in [-0.4, -0.2) is 66.2 Å². The molecule has 16 heteroatoms. The predicted molar refractivity (Wildman–Crippen MR) is 175 cm³/mol. The lowest BCUT2D eigenvalue weighted by atomic mass is 10.1. The molecule has 0 radical (unpaired) electrons. The molecule has 0 spiro atoms. The van der Waals surface area contributed by atoms with E-state index in [4.69, 9.17) is 4.74 Å². The fraction of sp³-hybridized carbons (Fsp3) is 0.267. The zero-order valence-electron chi connectivity index (χ0n) is 23.8. The summed E-state index contributed by atoms with van der Waals surface area (Å²) in [4.78, 5) is 21.5. The van der Waals surface area contributed by atoms with Crippen LogP contribution in [0.15, 0.2) is 88.8 Å². The number of carbonyl (C=O) groups excluding carboxylic acids is 1. The largest absolute Gasteiger partial charge is 0.461 e. The number of halogens is 8. The number of hydrogen-bond donors (Lipinski definition) is 1. The van der Waals surface area contributed by atoms with Crippen molar-refractivity contribution in [1.82, 2.24) is 9.88 Å². The molecule has 0 unspecified atom stereocenters. The van der Waals surface area contributed by atoms with Gasteiger partial charge in [0.25, 0.3) is 0 Å². The van der Waals surface area contributed by atoms with Gasteiger partial charge in [0.2, 0.25) is 0 Å². The number of alkyl halides is 6. The molecule has 2 heterocycles. The van der Waals surface area contributed by atoms with E-state index in [1.165, 1.54) is 24.4 Å². The second-order valence-electron chi connectivity index (χ2n) is 9.77. The fourth-order valence-electron chi connectivity index (χ4n) is 4.80. The molecule has 1 aliphatic heterocycles. The molecule has 1 saturated heterocycles. The summed E-state index contributed by atoms with van der Waals surface area (Å²) >= 11 is -0.345. The van der Waals surface area contributed by atoms with Gasteiger partial charge in [0.05, 0.1) is 16.8 Å². The van der Waals surface area contributed by atoms with Gasteiger partial charge in [-0.3, -0.25) is 9.88 Å². The van der Waals surface area contributed by atoms with Crippen molar-refractivity contribution in [2.24, 2.45) is 0 Å². The molecular formula is C30H28Cl2F6N4O2S2. The molecule has 46 heavy (non-hydrogen) atoms. The Bertz CT molecular complexity index is 1620. The normalized spacial score (nSPS) is 13.9. The first-order valence-corrected chi connectivity index (χ1v) is 15.1. The van der Waals surface area contributed by atoms with Gasteiger partial charge in [-0.25, -0.2) is 4.79 Å². The molecule has 5 rings (SSSR count). The van der Waals surface area contributed by atoms with Crippen molar-refractivity contribution in [2.75, 3.05) is 49.5 Å². The third kappa shape index (κ3) is 10.5. The first-order valence-electron chi connectivity index (χ1n) is 13.4. The van der Waals surface area contributed by atoms with Gasteiger partial charge < -0.3 is 15.0 Å². The topological polar surface area (TPSA) is 57.7 Å². The highest BCUT2D eigenvalue weighted by molar-refractivity contribution is 8.00. The van der Waals surface area contributed by atoms with Crippen molar-refractivity contribution in [3.05, 3.63) is 84.6 Å². The molecule has 1 aliphatic rings. The molecule has 248 valence electrons. The van der Waals surface area contributed by atoms with Crippen LogP contribution in [0.4, 0.5) is 43.4 Å². The van der Waals surface area contributed by atoms with Crippen molar-refractivity contribution < 1.29 is 35.9 Å². The Balaban J connectivity index is 0.00000288. The summed E-state index contributed by atoms with van der Waals surface area (Å²) in [6, 6.07) is 19.1. The number of thioether (sulfide) groups is 2. The average molecular weight is 726 g/mol. The van der Waals surface area contributed by atoms with Crippen LogP contribution in [0.1, 0.15) is 10.4 Å². The molecule has 0 aliphatic carbocycles. The number of esters is 1. The van der Waals surface area contributed by atoms with E-state index in [0.717, 1.165) is 5.69 Å². The van der Waals surface area contributed by atoms with E-state index in [1.54, 1.807) is 54.6 Å². The number of rotatable bonds is 9. The smallest absolute Gasteiger partial charge is 0.446 e. The van der Waals surface area contributed by atoms with Crippen molar-refractivity contribution >= 4 is 82.3 Å². The summed E-state index contributed by atoms with van der Waals surface area (Å²) < 4.78 is 82.2. The molecule has 1 aromatic heterocycles. The molecule has 0 bridgehead atoms. The zero-order chi connectivity index (χ0) is 31.3.